The summed E-state index contributed by atoms with van der Waals surface area (Å²) in [7, 11) is 1.68. The fourth-order valence-electron chi connectivity index (χ4n) is 1.73. The van der Waals surface area contributed by atoms with Crippen LogP contribution in [0.5, 0.6) is 11.6 Å². The molecule has 2 aromatic rings. The van der Waals surface area contributed by atoms with Crippen molar-refractivity contribution >= 4 is 0 Å². The van der Waals surface area contributed by atoms with Gasteiger partial charge in [-0.1, -0.05) is 6.07 Å². The molecular weight excluding hydrogens is 257 g/mol. The van der Waals surface area contributed by atoms with Crippen molar-refractivity contribution in [2.45, 2.75) is 20.0 Å². The number of aromatic nitrogens is 2. The maximum Gasteiger partial charge on any atom is 0.416 e. The Hall–Kier alpha value is -1.98. The summed E-state index contributed by atoms with van der Waals surface area (Å²) in [5.41, 5.74) is 0.853. The molecular formula is C13H13F3N2O. The Labute approximate surface area is 108 Å². The van der Waals surface area contributed by atoms with Gasteiger partial charge in [0.05, 0.1) is 11.3 Å². The number of hydrogen-bond acceptors (Lipinski definition) is 2. The normalized spacial score (nSPS) is 11.7. The van der Waals surface area contributed by atoms with Crippen LogP contribution in [0.4, 0.5) is 13.2 Å². The molecule has 0 saturated carbocycles. The van der Waals surface area contributed by atoms with Gasteiger partial charge in [-0.25, -0.2) is 4.68 Å². The molecule has 3 nitrogen and oxygen atoms in total. The number of ether oxygens (including phenoxy) is 1. The second kappa shape index (κ2) is 4.60. The smallest absolute Gasteiger partial charge is 0.416 e. The Morgan fingerprint density at radius 2 is 1.89 bits per heavy atom. The third-order valence-corrected chi connectivity index (χ3v) is 2.83. The molecule has 1 aromatic carbocycles. The van der Waals surface area contributed by atoms with Crippen LogP contribution in [0.1, 0.15) is 16.8 Å². The molecule has 2 rings (SSSR count). The lowest BCUT2D eigenvalue weighted by atomic mass is 10.2. The van der Waals surface area contributed by atoms with Gasteiger partial charge in [0.1, 0.15) is 5.75 Å². The molecule has 0 saturated heterocycles. The minimum Gasteiger partial charge on any atom is -0.439 e. The van der Waals surface area contributed by atoms with E-state index in [-0.39, 0.29) is 5.75 Å². The highest BCUT2D eigenvalue weighted by molar-refractivity contribution is 5.36. The third kappa shape index (κ3) is 2.72. The summed E-state index contributed by atoms with van der Waals surface area (Å²) in [5.74, 6) is 0.581. The maximum absolute atomic E-state index is 12.6. The number of alkyl halides is 3. The zero-order valence-corrected chi connectivity index (χ0v) is 10.7. The van der Waals surface area contributed by atoms with Crippen molar-refractivity contribution < 1.29 is 17.9 Å². The van der Waals surface area contributed by atoms with E-state index >= 15 is 0 Å². The molecule has 0 aliphatic rings. The molecule has 102 valence electrons. The molecule has 6 heteroatoms. The van der Waals surface area contributed by atoms with E-state index in [1.165, 1.54) is 16.8 Å². The van der Waals surface area contributed by atoms with E-state index in [1.54, 1.807) is 7.05 Å². The predicted molar refractivity (Wildman–Crippen MR) is 64.2 cm³/mol. The van der Waals surface area contributed by atoms with Crippen molar-refractivity contribution in [3.8, 4) is 11.6 Å². The number of rotatable bonds is 2. The van der Waals surface area contributed by atoms with E-state index in [2.05, 4.69) is 5.10 Å². The Bertz CT molecular complexity index is 602. The van der Waals surface area contributed by atoms with Crippen LogP contribution >= 0.6 is 0 Å². The van der Waals surface area contributed by atoms with Gasteiger partial charge in [-0.05, 0) is 32.0 Å². The Morgan fingerprint density at radius 1 is 1.21 bits per heavy atom. The number of halogens is 3. The van der Waals surface area contributed by atoms with E-state index in [0.29, 0.717) is 5.88 Å². The quantitative estimate of drug-likeness (QED) is 0.828. The Kier molecular flexibility index (Phi) is 3.26. The van der Waals surface area contributed by atoms with Gasteiger partial charge in [0.2, 0.25) is 5.88 Å². The fraction of sp³-hybridized carbons (Fsp3) is 0.308. The first-order valence-electron chi connectivity index (χ1n) is 5.64. The SMILES string of the molecule is Cc1nn(C)c(Oc2cccc(C(F)(F)F)c2)c1C. The second-order valence-electron chi connectivity index (χ2n) is 4.27. The van der Waals surface area contributed by atoms with Crippen molar-refractivity contribution in [1.29, 1.82) is 0 Å². The van der Waals surface area contributed by atoms with Gasteiger partial charge in [-0.3, -0.25) is 0 Å². The molecule has 0 radical (unpaired) electrons. The van der Waals surface area contributed by atoms with Gasteiger partial charge in [-0.2, -0.15) is 18.3 Å². The lowest BCUT2D eigenvalue weighted by molar-refractivity contribution is -0.137. The van der Waals surface area contributed by atoms with Crippen LogP contribution in [-0.4, -0.2) is 9.78 Å². The number of nitrogens with zero attached hydrogens (tertiary/aromatic N) is 2. The maximum atomic E-state index is 12.6. The summed E-state index contributed by atoms with van der Waals surface area (Å²) in [6.07, 6.45) is -4.38. The molecule has 0 spiro atoms. The average Bonchev–Trinajstić information content (AvgIpc) is 2.55. The molecule has 0 atom stereocenters. The van der Waals surface area contributed by atoms with Gasteiger partial charge >= 0.3 is 6.18 Å². The van der Waals surface area contributed by atoms with Crippen LogP contribution in [0.15, 0.2) is 24.3 Å². The van der Waals surface area contributed by atoms with E-state index < -0.39 is 11.7 Å². The first-order valence-corrected chi connectivity index (χ1v) is 5.64. The number of benzene rings is 1. The standard InChI is InChI=1S/C13H13F3N2O/c1-8-9(2)17-18(3)12(8)19-11-6-4-5-10(7-11)13(14,15)16/h4-7H,1-3H3. The van der Waals surface area contributed by atoms with Gasteiger partial charge in [0, 0.05) is 12.6 Å². The molecule has 0 amide bonds. The van der Waals surface area contributed by atoms with Gasteiger partial charge in [0.15, 0.2) is 0 Å². The summed E-state index contributed by atoms with van der Waals surface area (Å²) in [5, 5.41) is 4.15. The molecule has 1 aromatic heterocycles. The first-order chi connectivity index (χ1) is 8.79. The first kappa shape index (κ1) is 13.5. The van der Waals surface area contributed by atoms with E-state index in [9.17, 15) is 13.2 Å². The minimum atomic E-state index is -4.38. The zero-order valence-electron chi connectivity index (χ0n) is 10.7. The molecule has 19 heavy (non-hydrogen) atoms. The molecule has 1 heterocycles. The van der Waals surface area contributed by atoms with Crippen molar-refractivity contribution in [3.05, 3.63) is 41.1 Å². The lowest BCUT2D eigenvalue weighted by Gasteiger charge is -2.10. The molecule has 0 aliphatic carbocycles. The molecule has 0 bridgehead atoms. The van der Waals surface area contributed by atoms with E-state index in [0.717, 1.165) is 23.4 Å². The number of aryl methyl sites for hydroxylation is 2. The minimum absolute atomic E-state index is 0.140. The molecule has 0 fully saturated rings. The summed E-state index contributed by atoms with van der Waals surface area (Å²) >= 11 is 0. The van der Waals surface area contributed by atoms with Crippen LogP contribution in [0.2, 0.25) is 0 Å². The second-order valence-corrected chi connectivity index (χ2v) is 4.27. The topological polar surface area (TPSA) is 27.1 Å². The van der Waals surface area contributed by atoms with Crippen LogP contribution in [-0.2, 0) is 13.2 Å². The van der Waals surface area contributed by atoms with Crippen LogP contribution < -0.4 is 4.74 Å². The predicted octanol–water partition coefficient (Wildman–Crippen LogP) is 3.85. The highest BCUT2D eigenvalue weighted by Crippen LogP contribution is 2.33. The highest BCUT2D eigenvalue weighted by atomic mass is 19.4. The van der Waals surface area contributed by atoms with Crippen molar-refractivity contribution in [2.24, 2.45) is 7.05 Å². The van der Waals surface area contributed by atoms with Crippen molar-refractivity contribution in [3.63, 3.8) is 0 Å². The third-order valence-electron chi connectivity index (χ3n) is 2.83. The average molecular weight is 270 g/mol. The Balaban J connectivity index is 2.34. The lowest BCUT2D eigenvalue weighted by Crippen LogP contribution is -2.05. The highest BCUT2D eigenvalue weighted by Gasteiger charge is 2.30. The number of hydrogen-bond donors (Lipinski definition) is 0. The van der Waals surface area contributed by atoms with E-state index in [4.69, 9.17) is 4.74 Å². The summed E-state index contributed by atoms with van der Waals surface area (Å²) in [6.45, 7) is 3.62. The van der Waals surface area contributed by atoms with Crippen molar-refractivity contribution in [2.75, 3.05) is 0 Å². The molecule has 0 unspecified atom stereocenters. The molecule has 0 aliphatic heterocycles. The van der Waals surface area contributed by atoms with Gasteiger partial charge < -0.3 is 4.74 Å². The fourth-order valence-corrected chi connectivity index (χ4v) is 1.73. The zero-order chi connectivity index (χ0) is 14.2. The van der Waals surface area contributed by atoms with Gasteiger partial charge in [0.25, 0.3) is 0 Å². The monoisotopic (exact) mass is 270 g/mol. The largest absolute Gasteiger partial charge is 0.439 e. The van der Waals surface area contributed by atoms with Crippen LogP contribution in [0.3, 0.4) is 0 Å². The summed E-state index contributed by atoms with van der Waals surface area (Å²) < 4.78 is 44.8. The van der Waals surface area contributed by atoms with Crippen molar-refractivity contribution in [1.82, 2.24) is 9.78 Å². The molecule has 0 N–H and O–H groups in total. The summed E-state index contributed by atoms with van der Waals surface area (Å²) in [6, 6.07) is 4.78. The van der Waals surface area contributed by atoms with Gasteiger partial charge in [-0.15, -0.1) is 0 Å². The Morgan fingerprint density at radius 3 is 2.42 bits per heavy atom. The van der Waals surface area contributed by atoms with E-state index in [1.807, 2.05) is 13.8 Å². The summed E-state index contributed by atoms with van der Waals surface area (Å²) in [4.78, 5) is 0. The van der Waals surface area contributed by atoms with Crippen LogP contribution in [0, 0.1) is 13.8 Å². The van der Waals surface area contributed by atoms with Crippen LogP contribution in [0.25, 0.3) is 0 Å².